The molecule has 10 nitrogen and oxygen atoms in total. The van der Waals surface area contributed by atoms with Crippen LogP contribution in [0.25, 0.3) is 11.4 Å². The number of rotatable bonds is 6. The Labute approximate surface area is 247 Å². The summed E-state index contributed by atoms with van der Waals surface area (Å²) < 4.78 is 5.27. The minimum Gasteiger partial charge on any atom is -0.347 e. The molecule has 0 radical (unpaired) electrons. The third-order valence-corrected chi connectivity index (χ3v) is 8.17. The molecule has 0 bridgehead atoms. The molecule has 12 heteroatoms. The van der Waals surface area contributed by atoms with Gasteiger partial charge in [0.15, 0.2) is 0 Å². The van der Waals surface area contributed by atoms with Crippen LogP contribution in [0.5, 0.6) is 0 Å². The van der Waals surface area contributed by atoms with Crippen molar-refractivity contribution >= 4 is 39.3 Å². The highest BCUT2D eigenvalue weighted by Gasteiger charge is 2.32. The summed E-state index contributed by atoms with van der Waals surface area (Å²) in [5.74, 6) is -0.653. The maximum Gasteiger partial charge on any atom is 0.333 e. The van der Waals surface area contributed by atoms with Crippen LogP contribution in [0.15, 0.2) is 94.7 Å². The molecular formula is C29H23BrClN7O3. The fourth-order valence-corrected chi connectivity index (χ4v) is 5.30. The first-order valence-corrected chi connectivity index (χ1v) is 13.9. The van der Waals surface area contributed by atoms with Gasteiger partial charge in [-0.3, -0.25) is 18.7 Å². The van der Waals surface area contributed by atoms with Gasteiger partial charge in [-0.15, -0.1) is 0 Å². The van der Waals surface area contributed by atoms with Crippen molar-refractivity contribution in [1.82, 2.24) is 34.1 Å². The van der Waals surface area contributed by atoms with Gasteiger partial charge in [-0.25, -0.2) is 14.5 Å². The van der Waals surface area contributed by atoms with Crippen LogP contribution in [0.3, 0.4) is 0 Å². The molecular weight excluding hydrogens is 610 g/mol. The van der Waals surface area contributed by atoms with E-state index in [0.29, 0.717) is 33.0 Å². The summed E-state index contributed by atoms with van der Waals surface area (Å²) in [6.45, 7) is 0.913. The highest BCUT2D eigenvalue weighted by atomic mass is 79.9. The van der Waals surface area contributed by atoms with Crippen molar-refractivity contribution in [3.8, 4) is 11.4 Å². The molecule has 0 aliphatic carbocycles. The molecule has 0 saturated carbocycles. The molecule has 2 aromatic heterocycles. The maximum atomic E-state index is 13.7. The minimum atomic E-state index is -0.416. The van der Waals surface area contributed by atoms with E-state index in [1.54, 1.807) is 62.9 Å². The number of imidazole rings is 1. The van der Waals surface area contributed by atoms with E-state index < -0.39 is 5.91 Å². The number of halogens is 2. The highest BCUT2D eigenvalue weighted by molar-refractivity contribution is 9.10. The monoisotopic (exact) mass is 631 g/mol. The van der Waals surface area contributed by atoms with Crippen LogP contribution in [0.1, 0.15) is 32.1 Å². The summed E-state index contributed by atoms with van der Waals surface area (Å²) in [6, 6.07) is 21.6. The second-order valence-electron chi connectivity index (χ2n) is 9.45. The number of hydrogen-bond donors (Lipinski definition) is 1. The molecule has 5 aromatic rings. The van der Waals surface area contributed by atoms with E-state index in [2.05, 4.69) is 31.3 Å². The lowest BCUT2D eigenvalue weighted by molar-refractivity contribution is 0.0706. The van der Waals surface area contributed by atoms with Crippen LogP contribution < -0.4 is 11.0 Å². The van der Waals surface area contributed by atoms with Crippen LogP contribution >= 0.6 is 27.5 Å². The second kappa shape index (κ2) is 11.2. The summed E-state index contributed by atoms with van der Waals surface area (Å²) in [6.07, 6.45) is 3.01. The lowest BCUT2D eigenvalue weighted by Gasteiger charge is -2.28. The standard InChI is InChI=1S/C29H23BrClN7O3/c30-23-11-6-20(14-24(23)31)28(40)35-12-13-36-25(16-35)26(27(39)33-15-19-4-2-1-3-5-19)38(29(36)41)22-9-7-21(8-10-22)37-18-32-17-34-37/h1-11,14,17-18H,12-13,15-16H2,(H,33,39). The second-order valence-corrected chi connectivity index (χ2v) is 10.7. The molecule has 3 aromatic carbocycles. The number of hydrogen-bond acceptors (Lipinski definition) is 5. The van der Waals surface area contributed by atoms with Gasteiger partial charge in [-0.05, 0) is 64.0 Å². The molecule has 0 unspecified atom stereocenters. The zero-order valence-corrected chi connectivity index (χ0v) is 23.9. The van der Waals surface area contributed by atoms with E-state index >= 15 is 0 Å². The predicted octanol–water partition coefficient (Wildman–Crippen LogP) is 4.22. The Morgan fingerprint density at radius 2 is 1.73 bits per heavy atom. The van der Waals surface area contributed by atoms with Gasteiger partial charge in [0.1, 0.15) is 18.3 Å². The van der Waals surface area contributed by atoms with Crippen molar-refractivity contribution in [1.29, 1.82) is 0 Å². The Balaban J connectivity index is 1.38. The Kier molecular flexibility index (Phi) is 7.29. The lowest BCUT2D eigenvalue weighted by Crippen LogP contribution is -2.41. The summed E-state index contributed by atoms with van der Waals surface area (Å²) in [5, 5.41) is 7.51. The van der Waals surface area contributed by atoms with Gasteiger partial charge in [0.05, 0.1) is 28.6 Å². The largest absolute Gasteiger partial charge is 0.347 e. The van der Waals surface area contributed by atoms with E-state index in [9.17, 15) is 14.4 Å². The van der Waals surface area contributed by atoms with Crippen molar-refractivity contribution < 1.29 is 9.59 Å². The lowest BCUT2D eigenvalue weighted by atomic mass is 10.1. The summed E-state index contributed by atoms with van der Waals surface area (Å²) >= 11 is 9.59. The number of carbonyl (C=O) groups is 2. The zero-order valence-electron chi connectivity index (χ0n) is 21.6. The van der Waals surface area contributed by atoms with E-state index in [4.69, 9.17) is 11.6 Å². The summed E-state index contributed by atoms with van der Waals surface area (Å²) in [5.41, 5.74) is 2.91. The number of fused-ring (bicyclic) bond motifs is 1. The van der Waals surface area contributed by atoms with Crippen LogP contribution in [0.4, 0.5) is 0 Å². The van der Waals surface area contributed by atoms with E-state index in [1.807, 2.05) is 30.3 Å². The Bertz CT molecular complexity index is 1800. The number of amides is 2. The average Bonchev–Trinajstić information content (AvgIpc) is 3.64. The van der Waals surface area contributed by atoms with Gasteiger partial charge in [-0.1, -0.05) is 41.9 Å². The smallest absolute Gasteiger partial charge is 0.333 e. The first-order chi connectivity index (χ1) is 19.9. The summed E-state index contributed by atoms with van der Waals surface area (Å²) in [4.78, 5) is 46.5. The van der Waals surface area contributed by atoms with E-state index in [-0.39, 0.29) is 36.9 Å². The van der Waals surface area contributed by atoms with Gasteiger partial charge in [0, 0.05) is 29.7 Å². The molecule has 1 N–H and O–H groups in total. The predicted molar refractivity (Wildman–Crippen MR) is 156 cm³/mol. The summed E-state index contributed by atoms with van der Waals surface area (Å²) in [7, 11) is 0. The molecule has 0 fully saturated rings. The third kappa shape index (κ3) is 5.21. The van der Waals surface area contributed by atoms with Crippen LogP contribution in [0, 0.1) is 0 Å². The number of aromatic nitrogens is 5. The number of carbonyl (C=O) groups excluding carboxylic acids is 2. The van der Waals surface area contributed by atoms with Gasteiger partial charge >= 0.3 is 5.69 Å². The van der Waals surface area contributed by atoms with Crippen LogP contribution in [-0.4, -0.2) is 47.2 Å². The molecule has 6 rings (SSSR count). The van der Waals surface area contributed by atoms with Crippen LogP contribution in [0.2, 0.25) is 5.02 Å². The Morgan fingerprint density at radius 3 is 2.44 bits per heavy atom. The number of nitrogens with zero attached hydrogens (tertiary/aromatic N) is 6. The van der Waals surface area contributed by atoms with Crippen molar-refractivity contribution in [2.24, 2.45) is 0 Å². The molecule has 0 atom stereocenters. The Hall–Kier alpha value is -4.48. The highest BCUT2D eigenvalue weighted by Crippen LogP contribution is 2.26. The number of benzene rings is 3. The molecule has 206 valence electrons. The fourth-order valence-electron chi connectivity index (χ4n) is 4.88. The van der Waals surface area contributed by atoms with Crippen molar-refractivity contribution in [3.05, 3.63) is 128 Å². The van der Waals surface area contributed by atoms with Crippen molar-refractivity contribution in [2.45, 2.75) is 19.6 Å². The van der Waals surface area contributed by atoms with Gasteiger partial charge in [0.2, 0.25) is 0 Å². The van der Waals surface area contributed by atoms with E-state index in [0.717, 1.165) is 11.3 Å². The van der Waals surface area contributed by atoms with Crippen LogP contribution in [-0.2, 0) is 19.6 Å². The third-order valence-electron chi connectivity index (χ3n) is 6.94. The quantitative estimate of drug-likeness (QED) is 0.302. The molecule has 41 heavy (non-hydrogen) atoms. The topological polar surface area (TPSA) is 107 Å². The molecule has 3 heterocycles. The normalized spacial score (nSPS) is 12.7. The van der Waals surface area contributed by atoms with Gasteiger partial charge in [0.25, 0.3) is 11.8 Å². The number of nitrogens with one attached hydrogen (secondary N) is 1. The molecule has 1 aliphatic heterocycles. The van der Waals surface area contributed by atoms with Gasteiger partial charge in [-0.2, -0.15) is 5.10 Å². The SMILES string of the molecule is O=C(NCc1ccccc1)c1c2n(c(=O)n1-c1ccc(-n3cncn3)cc1)CCN(C(=O)c1ccc(Br)c(Cl)c1)C2. The van der Waals surface area contributed by atoms with E-state index in [1.165, 1.54) is 10.9 Å². The molecule has 1 aliphatic rings. The maximum absolute atomic E-state index is 13.7. The molecule has 0 saturated heterocycles. The van der Waals surface area contributed by atoms with Crippen molar-refractivity contribution in [2.75, 3.05) is 6.54 Å². The zero-order chi connectivity index (χ0) is 28.5. The fraction of sp³-hybridized carbons (Fsp3) is 0.138. The molecule has 0 spiro atoms. The molecule has 2 amide bonds. The van der Waals surface area contributed by atoms with Crippen molar-refractivity contribution in [3.63, 3.8) is 0 Å². The average molecular weight is 633 g/mol. The Morgan fingerprint density at radius 1 is 0.976 bits per heavy atom. The first-order valence-electron chi connectivity index (χ1n) is 12.8. The first kappa shape index (κ1) is 26.7. The minimum absolute atomic E-state index is 0.0832. The van der Waals surface area contributed by atoms with Gasteiger partial charge < -0.3 is 10.2 Å².